The quantitative estimate of drug-likeness (QED) is 0.440. The van der Waals surface area contributed by atoms with Crippen molar-refractivity contribution in [3.63, 3.8) is 0 Å². The molecule has 0 aliphatic heterocycles. The molecule has 1 aromatic heterocycles. The van der Waals surface area contributed by atoms with Crippen LogP contribution in [0.15, 0.2) is 58.5 Å². The van der Waals surface area contributed by atoms with Gasteiger partial charge in [-0.15, -0.1) is 0 Å². The molecule has 0 fully saturated rings. The Labute approximate surface area is 168 Å². The summed E-state index contributed by atoms with van der Waals surface area (Å²) in [6, 6.07) is 14.9. The monoisotopic (exact) mass is 400 g/mol. The number of fused-ring (bicyclic) bond motifs is 1. The summed E-state index contributed by atoms with van der Waals surface area (Å²) in [6.07, 6.45) is -0.689. The lowest BCUT2D eigenvalue weighted by Gasteiger charge is -2.15. The molecule has 0 saturated carbocycles. The fourth-order valence-corrected chi connectivity index (χ4v) is 3.61. The van der Waals surface area contributed by atoms with Crippen LogP contribution >= 0.6 is 11.8 Å². The maximum atomic E-state index is 12.8. The number of ether oxygens (including phenoxy) is 2. The lowest BCUT2D eigenvalue weighted by atomic mass is 10.2. The largest absolute Gasteiger partial charge is 0.491 e. The first kappa shape index (κ1) is 20.4. The van der Waals surface area contributed by atoms with Crippen molar-refractivity contribution in [2.24, 2.45) is 0 Å². The second-order valence-corrected chi connectivity index (χ2v) is 7.44. The zero-order chi connectivity index (χ0) is 19.9. The maximum absolute atomic E-state index is 12.8. The normalized spacial score (nSPS) is 12.2. The predicted octanol–water partition coefficient (Wildman–Crippen LogP) is 2.88. The van der Waals surface area contributed by atoms with E-state index >= 15 is 0 Å². The molecule has 0 spiro atoms. The molecule has 6 nitrogen and oxygen atoms in total. The number of nitrogens with zero attached hydrogens (tertiary/aromatic N) is 2. The SMILES string of the molecule is COCCn1c(SC[C@@H](O)COc2ccc(C)cc2)nc2ccccc2c1=O. The van der Waals surface area contributed by atoms with E-state index in [-0.39, 0.29) is 12.2 Å². The van der Waals surface area contributed by atoms with E-state index in [4.69, 9.17) is 9.47 Å². The van der Waals surface area contributed by atoms with E-state index in [2.05, 4.69) is 4.98 Å². The van der Waals surface area contributed by atoms with Crippen molar-refractivity contribution in [1.29, 1.82) is 0 Å². The minimum atomic E-state index is -0.689. The number of aryl methyl sites for hydroxylation is 1. The first-order valence-corrected chi connectivity index (χ1v) is 10.1. The average molecular weight is 401 g/mol. The molecular weight excluding hydrogens is 376 g/mol. The molecule has 0 amide bonds. The summed E-state index contributed by atoms with van der Waals surface area (Å²) in [6.45, 7) is 3.00. The minimum absolute atomic E-state index is 0.101. The Bertz CT molecular complexity index is 972. The van der Waals surface area contributed by atoms with Gasteiger partial charge in [-0.25, -0.2) is 4.98 Å². The zero-order valence-corrected chi connectivity index (χ0v) is 16.8. The van der Waals surface area contributed by atoms with E-state index in [9.17, 15) is 9.90 Å². The molecule has 0 bridgehead atoms. The smallest absolute Gasteiger partial charge is 0.262 e. The average Bonchev–Trinajstić information content (AvgIpc) is 2.71. The van der Waals surface area contributed by atoms with Crippen LogP contribution in [-0.2, 0) is 11.3 Å². The van der Waals surface area contributed by atoms with Crippen LogP contribution in [0.4, 0.5) is 0 Å². The Kier molecular flexibility index (Phi) is 7.08. The van der Waals surface area contributed by atoms with E-state index in [0.29, 0.717) is 35.0 Å². The topological polar surface area (TPSA) is 73.6 Å². The second-order valence-electron chi connectivity index (χ2n) is 6.45. The highest BCUT2D eigenvalue weighted by Gasteiger charge is 2.14. The number of rotatable bonds is 9. The van der Waals surface area contributed by atoms with Crippen LogP contribution in [0, 0.1) is 6.92 Å². The molecule has 0 unspecified atom stereocenters. The summed E-state index contributed by atoms with van der Waals surface area (Å²) < 4.78 is 12.4. The first-order valence-electron chi connectivity index (χ1n) is 9.07. The number of methoxy groups -OCH3 is 1. The van der Waals surface area contributed by atoms with E-state index in [1.54, 1.807) is 17.7 Å². The number of thioether (sulfide) groups is 1. The number of hydrogen-bond donors (Lipinski definition) is 1. The maximum Gasteiger partial charge on any atom is 0.262 e. The number of aliphatic hydroxyl groups excluding tert-OH is 1. The molecule has 7 heteroatoms. The van der Waals surface area contributed by atoms with Crippen LogP contribution in [0.25, 0.3) is 10.9 Å². The highest BCUT2D eigenvalue weighted by atomic mass is 32.2. The van der Waals surface area contributed by atoms with Gasteiger partial charge in [0, 0.05) is 12.9 Å². The van der Waals surface area contributed by atoms with Crippen LogP contribution in [0.5, 0.6) is 5.75 Å². The van der Waals surface area contributed by atoms with Crippen molar-refractivity contribution < 1.29 is 14.6 Å². The van der Waals surface area contributed by atoms with Crippen LogP contribution in [0.2, 0.25) is 0 Å². The van der Waals surface area contributed by atoms with Crippen LogP contribution in [-0.4, -0.2) is 46.8 Å². The van der Waals surface area contributed by atoms with E-state index < -0.39 is 6.10 Å². The summed E-state index contributed by atoms with van der Waals surface area (Å²) in [7, 11) is 1.60. The Morgan fingerprint density at radius 1 is 1.18 bits per heavy atom. The van der Waals surface area contributed by atoms with Gasteiger partial charge in [-0.2, -0.15) is 0 Å². The molecule has 0 aliphatic carbocycles. The van der Waals surface area contributed by atoms with E-state index in [1.165, 1.54) is 11.8 Å². The molecule has 2 aromatic carbocycles. The van der Waals surface area contributed by atoms with Crippen molar-refractivity contribution in [3.05, 3.63) is 64.4 Å². The van der Waals surface area contributed by atoms with Gasteiger partial charge in [0.05, 0.1) is 30.2 Å². The molecule has 0 aliphatic rings. The fourth-order valence-electron chi connectivity index (χ4n) is 2.68. The molecule has 0 radical (unpaired) electrons. The van der Waals surface area contributed by atoms with Gasteiger partial charge in [-0.1, -0.05) is 41.6 Å². The van der Waals surface area contributed by atoms with E-state index in [0.717, 1.165) is 11.3 Å². The number of aromatic nitrogens is 2. The molecule has 148 valence electrons. The Morgan fingerprint density at radius 2 is 1.93 bits per heavy atom. The lowest BCUT2D eigenvalue weighted by Crippen LogP contribution is -2.26. The van der Waals surface area contributed by atoms with Crippen molar-refractivity contribution in [3.8, 4) is 5.75 Å². The summed E-state index contributed by atoms with van der Waals surface area (Å²) in [4.78, 5) is 17.4. The second kappa shape index (κ2) is 9.73. The highest BCUT2D eigenvalue weighted by molar-refractivity contribution is 7.99. The minimum Gasteiger partial charge on any atom is -0.491 e. The van der Waals surface area contributed by atoms with Gasteiger partial charge < -0.3 is 14.6 Å². The zero-order valence-electron chi connectivity index (χ0n) is 16.0. The van der Waals surface area contributed by atoms with Gasteiger partial charge in [0.2, 0.25) is 0 Å². The van der Waals surface area contributed by atoms with Crippen LogP contribution in [0.1, 0.15) is 5.56 Å². The molecule has 1 heterocycles. The lowest BCUT2D eigenvalue weighted by molar-refractivity contribution is 0.126. The Balaban J connectivity index is 1.69. The summed E-state index contributed by atoms with van der Waals surface area (Å²) in [5.74, 6) is 1.08. The summed E-state index contributed by atoms with van der Waals surface area (Å²) >= 11 is 1.34. The summed E-state index contributed by atoms with van der Waals surface area (Å²) in [5, 5.41) is 11.4. The molecule has 0 saturated heterocycles. The number of hydrogen-bond acceptors (Lipinski definition) is 6. The standard InChI is InChI=1S/C21H24N2O4S/c1-15-7-9-17(10-8-15)27-13-16(24)14-28-21-22-19-6-4-3-5-18(19)20(25)23(21)11-12-26-2/h3-10,16,24H,11-14H2,1-2H3/t16-/m0/s1. The predicted molar refractivity (Wildman–Crippen MR) is 111 cm³/mol. The van der Waals surface area contributed by atoms with Crippen molar-refractivity contribution in [1.82, 2.24) is 9.55 Å². The molecule has 3 aromatic rings. The molecule has 1 atom stereocenters. The van der Waals surface area contributed by atoms with Gasteiger partial charge in [-0.05, 0) is 31.2 Å². The van der Waals surface area contributed by atoms with Crippen molar-refractivity contribution in [2.45, 2.75) is 24.7 Å². The number of para-hydroxylation sites is 1. The van der Waals surface area contributed by atoms with E-state index in [1.807, 2.05) is 49.4 Å². The summed E-state index contributed by atoms with van der Waals surface area (Å²) in [5.41, 5.74) is 1.70. The Morgan fingerprint density at radius 3 is 2.68 bits per heavy atom. The molecule has 3 rings (SSSR count). The van der Waals surface area contributed by atoms with Crippen molar-refractivity contribution >= 4 is 22.7 Å². The third-order valence-electron chi connectivity index (χ3n) is 4.21. The van der Waals surface area contributed by atoms with Crippen LogP contribution < -0.4 is 10.3 Å². The van der Waals surface area contributed by atoms with Gasteiger partial charge in [0.15, 0.2) is 5.16 Å². The number of aliphatic hydroxyl groups is 1. The molecule has 28 heavy (non-hydrogen) atoms. The fraction of sp³-hybridized carbons (Fsp3) is 0.333. The van der Waals surface area contributed by atoms with Gasteiger partial charge in [0.25, 0.3) is 5.56 Å². The highest BCUT2D eigenvalue weighted by Crippen LogP contribution is 2.19. The first-order chi connectivity index (χ1) is 13.6. The van der Waals surface area contributed by atoms with Gasteiger partial charge in [-0.3, -0.25) is 9.36 Å². The van der Waals surface area contributed by atoms with Crippen LogP contribution in [0.3, 0.4) is 0 Å². The van der Waals surface area contributed by atoms with Gasteiger partial charge in [0.1, 0.15) is 12.4 Å². The number of benzene rings is 2. The third-order valence-corrected chi connectivity index (χ3v) is 5.34. The van der Waals surface area contributed by atoms with Gasteiger partial charge >= 0.3 is 0 Å². The third kappa shape index (κ3) is 5.13. The molecule has 1 N–H and O–H groups in total. The molecular formula is C21H24N2O4S. The Hall–Kier alpha value is -2.35. The van der Waals surface area contributed by atoms with Crippen molar-refractivity contribution in [2.75, 3.05) is 26.1 Å².